The number of ether oxygens (including phenoxy) is 2. The highest BCUT2D eigenvalue weighted by atomic mass is 16.6. The number of hydrogen-bond acceptors (Lipinski definition) is 8. The van der Waals surface area contributed by atoms with E-state index in [1.807, 2.05) is 19.1 Å². The highest BCUT2D eigenvalue weighted by Gasteiger charge is 2.25. The first-order chi connectivity index (χ1) is 18.2. The maximum absolute atomic E-state index is 13.1. The highest BCUT2D eigenvalue weighted by Crippen LogP contribution is 2.28. The molecule has 0 saturated carbocycles. The zero-order valence-corrected chi connectivity index (χ0v) is 22.8. The van der Waals surface area contributed by atoms with Gasteiger partial charge in [-0.05, 0) is 62.9 Å². The Morgan fingerprint density at radius 1 is 1.32 bits per heavy atom. The van der Waals surface area contributed by atoms with Crippen molar-refractivity contribution in [2.75, 3.05) is 26.9 Å². The summed E-state index contributed by atoms with van der Waals surface area (Å²) in [5.41, 5.74) is 5.90. The van der Waals surface area contributed by atoms with Crippen molar-refractivity contribution in [1.82, 2.24) is 20.8 Å². The molecular formula is C27H40N6O5. The molecule has 1 aliphatic heterocycles. The van der Waals surface area contributed by atoms with Gasteiger partial charge in [0.2, 0.25) is 0 Å². The summed E-state index contributed by atoms with van der Waals surface area (Å²) >= 11 is 0. The fourth-order valence-electron chi connectivity index (χ4n) is 3.98. The highest BCUT2D eigenvalue weighted by molar-refractivity contribution is 5.99. The van der Waals surface area contributed by atoms with Gasteiger partial charge in [0.05, 0.1) is 31.9 Å². The molecule has 208 valence electrons. The van der Waals surface area contributed by atoms with Crippen molar-refractivity contribution in [3.63, 3.8) is 0 Å². The summed E-state index contributed by atoms with van der Waals surface area (Å²) in [7, 11) is 1.52. The van der Waals surface area contributed by atoms with Gasteiger partial charge in [-0.1, -0.05) is 25.2 Å². The van der Waals surface area contributed by atoms with Crippen LogP contribution >= 0.6 is 0 Å². The van der Waals surface area contributed by atoms with Crippen LogP contribution in [0.3, 0.4) is 0 Å². The first-order valence-electron chi connectivity index (χ1n) is 12.6. The summed E-state index contributed by atoms with van der Waals surface area (Å²) in [6.45, 7) is 8.25. The Morgan fingerprint density at radius 2 is 2.05 bits per heavy atom. The van der Waals surface area contributed by atoms with E-state index in [0.29, 0.717) is 55.1 Å². The minimum Gasteiger partial charge on any atom is -0.496 e. The summed E-state index contributed by atoms with van der Waals surface area (Å²) in [6, 6.07) is 3.22. The molecule has 0 aliphatic carbocycles. The van der Waals surface area contributed by atoms with Crippen LogP contribution in [0, 0.1) is 5.41 Å². The molecule has 0 fully saturated rings. The number of carbonyl (C=O) groups is 2. The number of carbonyl (C=O) groups excluding carboxylic acids is 2. The second kappa shape index (κ2) is 14.9. The average Bonchev–Trinajstić information content (AvgIpc) is 2.91. The summed E-state index contributed by atoms with van der Waals surface area (Å²) in [4.78, 5) is 26.9. The van der Waals surface area contributed by atoms with Gasteiger partial charge < -0.3 is 24.8 Å². The normalized spacial score (nSPS) is 14.7. The molecule has 6 N–H and O–H groups in total. The zero-order valence-electron chi connectivity index (χ0n) is 22.8. The van der Waals surface area contributed by atoms with Crippen LogP contribution < -0.4 is 21.4 Å². The minimum absolute atomic E-state index is 0.109. The molecule has 2 amide bonds. The lowest BCUT2D eigenvalue weighted by molar-refractivity contribution is 0.0962. The van der Waals surface area contributed by atoms with E-state index >= 15 is 0 Å². The molecule has 1 aromatic carbocycles. The number of hydrazine groups is 2. The number of benzene rings is 1. The van der Waals surface area contributed by atoms with E-state index in [9.17, 15) is 14.7 Å². The monoisotopic (exact) mass is 528 g/mol. The quantitative estimate of drug-likeness (QED) is 0.0966. The Balaban J connectivity index is 2.19. The molecule has 0 aromatic heterocycles. The van der Waals surface area contributed by atoms with Gasteiger partial charge in [0.25, 0.3) is 5.91 Å². The van der Waals surface area contributed by atoms with E-state index in [1.165, 1.54) is 12.1 Å². The summed E-state index contributed by atoms with van der Waals surface area (Å²) in [5, 5.41) is 22.1. The van der Waals surface area contributed by atoms with Gasteiger partial charge in [-0.25, -0.2) is 4.79 Å². The van der Waals surface area contributed by atoms with Crippen LogP contribution in [0.1, 0.15) is 55.6 Å². The SMILES string of the molecule is CC/C=C(/C=C\C=C(/C)NC(=O)c1cc2c(cc1OC)CCN(C(=O)OCC)C2)C(=N)N(NN)C(C)CO. The van der Waals surface area contributed by atoms with Crippen LogP contribution in [0.2, 0.25) is 0 Å². The Morgan fingerprint density at radius 3 is 2.66 bits per heavy atom. The predicted molar refractivity (Wildman–Crippen MR) is 146 cm³/mol. The molecule has 1 aliphatic rings. The number of rotatable bonds is 11. The number of methoxy groups -OCH3 is 1. The minimum atomic E-state index is -0.395. The first-order valence-corrected chi connectivity index (χ1v) is 12.6. The summed E-state index contributed by atoms with van der Waals surface area (Å²) < 4.78 is 10.6. The van der Waals surface area contributed by atoms with Crippen molar-refractivity contribution in [2.24, 2.45) is 5.84 Å². The molecule has 2 rings (SSSR count). The molecule has 1 heterocycles. The van der Waals surface area contributed by atoms with Gasteiger partial charge in [-0.15, -0.1) is 0 Å². The van der Waals surface area contributed by atoms with Gasteiger partial charge in [0.1, 0.15) is 11.6 Å². The molecule has 1 unspecified atom stereocenters. The third kappa shape index (κ3) is 7.91. The van der Waals surface area contributed by atoms with E-state index < -0.39 is 6.04 Å². The van der Waals surface area contributed by atoms with Crippen LogP contribution in [0.15, 0.2) is 47.7 Å². The van der Waals surface area contributed by atoms with E-state index in [-0.39, 0.29) is 24.4 Å². The van der Waals surface area contributed by atoms with Crippen LogP contribution in [0.4, 0.5) is 4.79 Å². The Kier molecular flexibility index (Phi) is 12.0. The number of nitrogens with zero attached hydrogens (tertiary/aromatic N) is 2. The molecule has 11 nitrogen and oxygen atoms in total. The van der Waals surface area contributed by atoms with Gasteiger partial charge in [0.15, 0.2) is 0 Å². The molecule has 1 atom stereocenters. The maximum atomic E-state index is 13.1. The number of aliphatic hydroxyl groups is 1. The van der Waals surface area contributed by atoms with Gasteiger partial charge in [-0.2, -0.15) is 5.53 Å². The predicted octanol–water partition coefficient (Wildman–Crippen LogP) is 2.77. The van der Waals surface area contributed by atoms with E-state index in [1.54, 1.807) is 50.0 Å². The largest absolute Gasteiger partial charge is 0.496 e. The Labute approximate surface area is 224 Å². The van der Waals surface area contributed by atoms with E-state index in [4.69, 9.17) is 20.7 Å². The average molecular weight is 529 g/mol. The number of aliphatic hydroxyl groups excluding tert-OH is 1. The van der Waals surface area contributed by atoms with Crippen molar-refractivity contribution in [3.8, 4) is 5.75 Å². The lowest BCUT2D eigenvalue weighted by Gasteiger charge is -2.29. The Bertz CT molecular complexity index is 1100. The van der Waals surface area contributed by atoms with Crippen LogP contribution in [0.5, 0.6) is 5.75 Å². The molecular weight excluding hydrogens is 488 g/mol. The number of hydrogen-bond donors (Lipinski definition) is 5. The number of fused-ring (bicyclic) bond motifs is 1. The molecule has 0 radical (unpaired) electrons. The van der Waals surface area contributed by atoms with Crippen molar-refractivity contribution < 1.29 is 24.2 Å². The third-order valence-electron chi connectivity index (χ3n) is 6.02. The van der Waals surface area contributed by atoms with E-state index in [2.05, 4.69) is 10.9 Å². The van der Waals surface area contributed by atoms with Crippen molar-refractivity contribution in [1.29, 1.82) is 5.41 Å². The molecule has 11 heteroatoms. The van der Waals surface area contributed by atoms with E-state index in [0.717, 1.165) is 11.1 Å². The van der Waals surface area contributed by atoms with Crippen molar-refractivity contribution in [2.45, 2.75) is 53.1 Å². The van der Waals surface area contributed by atoms with Crippen LogP contribution in [-0.4, -0.2) is 65.8 Å². The first kappa shape index (κ1) is 30.6. The van der Waals surface area contributed by atoms with Gasteiger partial charge >= 0.3 is 6.09 Å². The molecule has 38 heavy (non-hydrogen) atoms. The smallest absolute Gasteiger partial charge is 0.410 e. The molecule has 0 spiro atoms. The van der Waals surface area contributed by atoms with Gasteiger partial charge in [-0.3, -0.25) is 21.1 Å². The molecule has 0 saturated heterocycles. The molecule has 0 bridgehead atoms. The molecule has 1 aromatic rings. The summed E-state index contributed by atoms with van der Waals surface area (Å²) in [6.07, 6.45) is 8.02. The number of amides is 2. The third-order valence-corrected chi connectivity index (χ3v) is 6.02. The van der Waals surface area contributed by atoms with Crippen molar-refractivity contribution in [3.05, 3.63) is 64.4 Å². The van der Waals surface area contributed by atoms with Crippen molar-refractivity contribution >= 4 is 17.8 Å². The topological polar surface area (TPSA) is 153 Å². The Hall–Kier alpha value is -3.67. The number of allylic oxidation sites excluding steroid dienone is 4. The summed E-state index contributed by atoms with van der Waals surface area (Å²) in [5.74, 6) is 5.78. The van der Waals surface area contributed by atoms with Crippen LogP contribution in [0.25, 0.3) is 0 Å². The number of nitrogens with one attached hydrogen (secondary N) is 3. The lowest BCUT2D eigenvalue weighted by atomic mass is 9.96. The fraction of sp³-hybridized carbons (Fsp3) is 0.444. The van der Waals surface area contributed by atoms with Gasteiger partial charge in [0, 0.05) is 24.4 Å². The lowest BCUT2D eigenvalue weighted by Crippen LogP contribution is -2.53. The number of nitrogens with two attached hydrogens (primary N) is 1. The van der Waals surface area contributed by atoms with Crippen LogP contribution in [-0.2, 0) is 17.7 Å². The maximum Gasteiger partial charge on any atom is 0.410 e. The standard InChI is InChI=1S/C27H40N6O5/c1-6-9-20(25(28)33(31-29)19(4)17-34)11-8-10-18(3)30-26(35)23-14-22-16-32(27(36)38-7-2)13-12-21(22)15-24(23)37-5/h8-11,14-15,19,28,31,34H,6-7,12-13,16-17,29H2,1-5H3,(H,30,35)/b11-8-,18-10+,20-9-,28-25?. The zero-order chi connectivity index (χ0) is 28.2. The second-order valence-corrected chi connectivity index (χ2v) is 8.80. The second-order valence-electron chi connectivity index (χ2n) is 8.80. The number of amidine groups is 1. The fourth-order valence-corrected chi connectivity index (χ4v) is 3.98.